The molecule has 0 N–H and O–H groups in total. The zero-order valence-electron chi connectivity index (χ0n) is 15.2. The van der Waals surface area contributed by atoms with Crippen LogP contribution in [0.5, 0.6) is 0 Å². The van der Waals surface area contributed by atoms with Crippen LogP contribution in [0.2, 0.25) is 0 Å². The van der Waals surface area contributed by atoms with Crippen molar-refractivity contribution in [3.63, 3.8) is 0 Å². The summed E-state index contributed by atoms with van der Waals surface area (Å²) in [6.07, 6.45) is 1.52. The summed E-state index contributed by atoms with van der Waals surface area (Å²) in [6.45, 7) is 7.14. The van der Waals surface area contributed by atoms with Crippen molar-refractivity contribution in [3.05, 3.63) is 63.6 Å². The van der Waals surface area contributed by atoms with Gasteiger partial charge in [-0.2, -0.15) is 4.98 Å². The molecule has 0 saturated heterocycles. The van der Waals surface area contributed by atoms with Gasteiger partial charge in [0.05, 0.1) is 0 Å². The van der Waals surface area contributed by atoms with Crippen molar-refractivity contribution in [2.45, 2.75) is 20.0 Å². The van der Waals surface area contributed by atoms with Gasteiger partial charge in [-0.3, -0.25) is 13.9 Å². The topological polar surface area (TPSA) is 65.1 Å². The number of rotatable bonds is 3. The van der Waals surface area contributed by atoms with Crippen molar-refractivity contribution in [3.8, 4) is 0 Å². The smallest absolute Gasteiger partial charge is 0.312 e. The van der Waals surface area contributed by atoms with E-state index in [9.17, 15) is 14.0 Å². The minimum atomic E-state index is -0.427. The molecule has 7 nitrogen and oxygen atoms in total. The first-order valence-electron chi connectivity index (χ1n) is 8.76. The Morgan fingerprint density at radius 1 is 1.26 bits per heavy atom. The van der Waals surface area contributed by atoms with Crippen LogP contribution in [-0.2, 0) is 20.1 Å². The largest absolute Gasteiger partial charge is 0.332 e. The number of imidazole rings is 1. The van der Waals surface area contributed by atoms with Gasteiger partial charge in [-0.15, -0.1) is 6.58 Å². The molecule has 0 amide bonds. The van der Waals surface area contributed by atoms with Gasteiger partial charge in [0, 0.05) is 32.4 Å². The van der Waals surface area contributed by atoms with E-state index < -0.39 is 5.69 Å². The third-order valence-corrected chi connectivity index (χ3v) is 4.89. The summed E-state index contributed by atoms with van der Waals surface area (Å²) in [7, 11) is 1.61. The molecule has 1 atom stereocenters. The second-order valence-electron chi connectivity index (χ2n) is 6.93. The number of fused-ring (bicyclic) bond motifs is 3. The molecule has 8 heteroatoms. The first kappa shape index (κ1) is 17.3. The summed E-state index contributed by atoms with van der Waals surface area (Å²) in [4.78, 5) is 32.1. The zero-order valence-corrected chi connectivity index (χ0v) is 15.2. The highest BCUT2D eigenvalue weighted by atomic mass is 19.1. The van der Waals surface area contributed by atoms with Crippen LogP contribution in [0.25, 0.3) is 11.2 Å². The molecule has 1 aliphatic heterocycles. The third-order valence-electron chi connectivity index (χ3n) is 4.89. The standard InChI is InChI=1S/C19H20FN5O2/c1-4-9-23-17(26)15-16(22(3)19(23)27)21-18-24(10-12(2)11-25(15)18)14-7-5-13(20)6-8-14/h4-8,12H,1,9-11H2,2-3H3/t12-/m1/s1. The first-order chi connectivity index (χ1) is 12.9. The Kier molecular flexibility index (Phi) is 3.98. The van der Waals surface area contributed by atoms with Crippen molar-refractivity contribution in [1.82, 2.24) is 18.7 Å². The number of nitrogens with zero attached hydrogens (tertiary/aromatic N) is 5. The van der Waals surface area contributed by atoms with E-state index in [1.54, 1.807) is 19.2 Å². The molecule has 0 unspecified atom stereocenters. The van der Waals surface area contributed by atoms with Crippen molar-refractivity contribution in [2.75, 3.05) is 11.4 Å². The maximum absolute atomic E-state index is 13.3. The minimum Gasteiger partial charge on any atom is -0.312 e. The highest BCUT2D eigenvalue weighted by molar-refractivity contribution is 5.77. The molecule has 3 heterocycles. The summed E-state index contributed by atoms with van der Waals surface area (Å²) in [6, 6.07) is 6.17. The van der Waals surface area contributed by atoms with E-state index in [4.69, 9.17) is 0 Å². The Morgan fingerprint density at radius 2 is 1.96 bits per heavy atom. The van der Waals surface area contributed by atoms with Crippen LogP contribution < -0.4 is 16.1 Å². The molecule has 4 rings (SSSR count). The molecular weight excluding hydrogens is 349 g/mol. The molecule has 0 radical (unpaired) electrons. The lowest BCUT2D eigenvalue weighted by molar-refractivity contribution is 0.458. The maximum atomic E-state index is 13.3. The lowest BCUT2D eigenvalue weighted by atomic mass is 10.1. The highest BCUT2D eigenvalue weighted by Crippen LogP contribution is 2.32. The second-order valence-corrected chi connectivity index (χ2v) is 6.93. The fourth-order valence-corrected chi connectivity index (χ4v) is 3.63. The van der Waals surface area contributed by atoms with Crippen LogP contribution >= 0.6 is 0 Å². The van der Waals surface area contributed by atoms with Crippen LogP contribution in [0.1, 0.15) is 6.92 Å². The van der Waals surface area contributed by atoms with Gasteiger partial charge in [-0.1, -0.05) is 13.0 Å². The first-order valence-corrected chi connectivity index (χ1v) is 8.76. The highest BCUT2D eigenvalue weighted by Gasteiger charge is 2.29. The number of benzene rings is 1. The summed E-state index contributed by atoms with van der Waals surface area (Å²) in [5.41, 5.74) is 0.731. The van der Waals surface area contributed by atoms with Crippen LogP contribution in [0.3, 0.4) is 0 Å². The number of aryl methyl sites for hydroxylation is 1. The Hall–Kier alpha value is -3.16. The van der Waals surface area contributed by atoms with Gasteiger partial charge in [0.25, 0.3) is 5.56 Å². The second kappa shape index (κ2) is 6.22. The molecule has 0 saturated carbocycles. The van der Waals surface area contributed by atoms with E-state index in [1.807, 2.05) is 9.47 Å². The van der Waals surface area contributed by atoms with Crippen LogP contribution in [-0.4, -0.2) is 25.2 Å². The molecule has 0 bridgehead atoms. The van der Waals surface area contributed by atoms with Gasteiger partial charge in [0.15, 0.2) is 11.2 Å². The quantitative estimate of drug-likeness (QED) is 0.663. The zero-order chi connectivity index (χ0) is 19.3. The lowest BCUT2D eigenvalue weighted by Crippen LogP contribution is -2.40. The number of halogens is 1. The lowest BCUT2D eigenvalue weighted by Gasteiger charge is -2.32. The van der Waals surface area contributed by atoms with Gasteiger partial charge in [0.2, 0.25) is 5.95 Å². The fraction of sp³-hybridized carbons (Fsp3) is 0.316. The summed E-state index contributed by atoms with van der Waals surface area (Å²) < 4.78 is 17.7. The molecule has 2 aromatic heterocycles. The van der Waals surface area contributed by atoms with Crippen molar-refractivity contribution in [1.29, 1.82) is 0 Å². The van der Waals surface area contributed by atoms with Gasteiger partial charge >= 0.3 is 5.69 Å². The molecule has 140 valence electrons. The van der Waals surface area contributed by atoms with E-state index in [0.717, 1.165) is 10.3 Å². The molecule has 1 aromatic carbocycles. The van der Waals surface area contributed by atoms with Crippen LogP contribution in [0.15, 0.2) is 46.5 Å². The Bertz CT molecular complexity index is 1160. The van der Waals surface area contributed by atoms with Crippen molar-refractivity contribution >= 4 is 22.8 Å². The Balaban J connectivity index is 2.02. The number of hydrogen-bond donors (Lipinski definition) is 0. The van der Waals surface area contributed by atoms with E-state index in [0.29, 0.717) is 30.2 Å². The maximum Gasteiger partial charge on any atom is 0.332 e. The number of hydrogen-bond acceptors (Lipinski definition) is 4. The summed E-state index contributed by atoms with van der Waals surface area (Å²) in [5.74, 6) is 0.509. The molecule has 27 heavy (non-hydrogen) atoms. The predicted octanol–water partition coefficient (Wildman–Crippen LogP) is 2.01. The van der Waals surface area contributed by atoms with Gasteiger partial charge in [-0.05, 0) is 30.2 Å². The van der Waals surface area contributed by atoms with Gasteiger partial charge in [-0.25, -0.2) is 9.18 Å². The summed E-state index contributed by atoms with van der Waals surface area (Å²) in [5, 5.41) is 0. The molecule has 0 fully saturated rings. The van der Waals surface area contributed by atoms with E-state index in [-0.39, 0.29) is 23.8 Å². The van der Waals surface area contributed by atoms with Crippen molar-refractivity contribution in [2.24, 2.45) is 13.0 Å². The molecule has 0 aliphatic carbocycles. The van der Waals surface area contributed by atoms with Gasteiger partial charge in [0.1, 0.15) is 5.82 Å². The fourth-order valence-electron chi connectivity index (χ4n) is 3.63. The predicted molar refractivity (Wildman–Crippen MR) is 102 cm³/mol. The number of aromatic nitrogens is 4. The number of allylic oxidation sites excluding steroid dienone is 1. The third kappa shape index (κ3) is 2.59. The van der Waals surface area contributed by atoms with Gasteiger partial charge < -0.3 is 9.47 Å². The monoisotopic (exact) mass is 369 g/mol. The average Bonchev–Trinajstić information content (AvgIpc) is 3.03. The normalized spacial score (nSPS) is 16.6. The van der Waals surface area contributed by atoms with E-state index in [2.05, 4.69) is 18.5 Å². The van der Waals surface area contributed by atoms with Crippen LogP contribution in [0, 0.1) is 11.7 Å². The SMILES string of the molecule is C=CCn1c(=O)c2c(nc3n2C[C@H](C)CN3c2ccc(F)cc2)n(C)c1=O. The summed E-state index contributed by atoms with van der Waals surface area (Å²) >= 11 is 0. The molecule has 3 aromatic rings. The van der Waals surface area contributed by atoms with E-state index in [1.165, 1.54) is 22.8 Å². The number of anilines is 2. The van der Waals surface area contributed by atoms with Crippen molar-refractivity contribution < 1.29 is 4.39 Å². The molecule has 1 aliphatic rings. The minimum absolute atomic E-state index is 0.138. The molecule has 0 spiro atoms. The average molecular weight is 369 g/mol. The molecular formula is C19H20FN5O2. The Labute approximate surface area is 154 Å². The van der Waals surface area contributed by atoms with Crippen LogP contribution in [0.4, 0.5) is 16.0 Å². The Morgan fingerprint density at radius 3 is 2.63 bits per heavy atom. The van der Waals surface area contributed by atoms with E-state index >= 15 is 0 Å².